The van der Waals surface area contributed by atoms with E-state index in [4.69, 9.17) is 9.47 Å². The number of allylic oxidation sites excluding steroid dienone is 1. The fourth-order valence-corrected chi connectivity index (χ4v) is 2.08. The van der Waals surface area contributed by atoms with E-state index in [0.717, 1.165) is 5.56 Å². The lowest BCUT2D eigenvalue weighted by atomic mass is 10.1. The molecule has 120 valence electrons. The van der Waals surface area contributed by atoms with Gasteiger partial charge in [0.15, 0.2) is 5.78 Å². The van der Waals surface area contributed by atoms with E-state index < -0.39 is 0 Å². The van der Waals surface area contributed by atoms with E-state index in [0.29, 0.717) is 30.3 Å². The van der Waals surface area contributed by atoms with Gasteiger partial charge in [-0.1, -0.05) is 6.08 Å². The van der Waals surface area contributed by atoms with E-state index in [9.17, 15) is 9.90 Å². The zero-order valence-corrected chi connectivity index (χ0v) is 13.3. The number of hydrogen-bond acceptors (Lipinski definition) is 4. The van der Waals surface area contributed by atoms with Gasteiger partial charge < -0.3 is 14.6 Å². The number of ether oxygens (including phenoxy) is 2. The van der Waals surface area contributed by atoms with Crippen LogP contribution in [0.3, 0.4) is 0 Å². The van der Waals surface area contributed by atoms with Crippen molar-refractivity contribution in [1.29, 1.82) is 0 Å². The van der Waals surface area contributed by atoms with Crippen molar-refractivity contribution >= 4 is 11.9 Å². The van der Waals surface area contributed by atoms with Crippen LogP contribution in [-0.2, 0) is 0 Å². The van der Waals surface area contributed by atoms with Gasteiger partial charge in [-0.3, -0.25) is 4.79 Å². The van der Waals surface area contributed by atoms with Crippen LogP contribution >= 0.6 is 0 Å². The van der Waals surface area contributed by atoms with Gasteiger partial charge in [-0.05, 0) is 61.9 Å². The molecule has 0 heterocycles. The Kier molecular flexibility index (Phi) is 5.80. The maximum atomic E-state index is 12.1. The van der Waals surface area contributed by atoms with Gasteiger partial charge in [-0.2, -0.15) is 0 Å². The molecule has 0 amide bonds. The van der Waals surface area contributed by atoms with E-state index in [2.05, 4.69) is 0 Å². The summed E-state index contributed by atoms with van der Waals surface area (Å²) in [5, 5.41) is 9.25. The Hall–Kier alpha value is -2.75. The Morgan fingerprint density at radius 3 is 2.09 bits per heavy atom. The minimum Gasteiger partial charge on any atom is -0.508 e. The Balaban J connectivity index is 2.20. The summed E-state index contributed by atoms with van der Waals surface area (Å²) in [4.78, 5) is 12.1. The molecule has 23 heavy (non-hydrogen) atoms. The molecule has 0 unspecified atom stereocenters. The number of carbonyl (C=O) groups is 1. The molecule has 0 atom stereocenters. The summed E-state index contributed by atoms with van der Waals surface area (Å²) in [6.07, 6.45) is 3.22. The lowest BCUT2D eigenvalue weighted by Crippen LogP contribution is -1.96. The molecule has 0 aliphatic heterocycles. The second-order valence-corrected chi connectivity index (χ2v) is 4.85. The van der Waals surface area contributed by atoms with Crippen LogP contribution in [0.1, 0.15) is 29.8 Å². The third kappa shape index (κ3) is 4.88. The number of carbonyl (C=O) groups excluding carboxylic acids is 1. The van der Waals surface area contributed by atoms with Crippen molar-refractivity contribution < 1.29 is 19.4 Å². The first-order valence-electron chi connectivity index (χ1n) is 7.54. The first-order valence-corrected chi connectivity index (χ1v) is 7.54. The number of phenols is 1. The summed E-state index contributed by atoms with van der Waals surface area (Å²) < 4.78 is 11.0. The largest absolute Gasteiger partial charge is 0.508 e. The van der Waals surface area contributed by atoms with Crippen molar-refractivity contribution in [3.05, 3.63) is 59.7 Å². The SMILES string of the molecule is CCOc1cc(/C=C/C(=O)c2ccc(O)cc2)cc(OCC)c1. The summed E-state index contributed by atoms with van der Waals surface area (Å²) in [7, 11) is 0. The van der Waals surface area contributed by atoms with Crippen LogP contribution in [0.15, 0.2) is 48.5 Å². The highest BCUT2D eigenvalue weighted by Gasteiger charge is 2.04. The molecule has 4 nitrogen and oxygen atoms in total. The minimum atomic E-state index is -0.134. The zero-order valence-electron chi connectivity index (χ0n) is 13.3. The van der Waals surface area contributed by atoms with Crippen molar-refractivity contribution in [1.82, 2.24) is 0 Å². The predicted octanol–water partition coefficient (Wildman–Crippen LogP) is 4.09. The Bertz CT molecular complexity index is 663. The number of ketones is 1. The Morgan fingerprint density at radius 2 is 1.57 bits per heavy atom. The molecule has 0 saturated heterocycles. The third-order valence-corrected chi connectivity index (χ3v) is 3.10. The van der Waals surface area contributed by atoms with Crippen LogP contribution < -0.4 is 9.47 Å². The molecule has 2 rings (SSSR count). The highest BCUT2D eigenvalue weighted by molar-refractivity contribution is 6.06. The van der Waals surface area contributed by atoms with Crippen LogP contribution in [0.25, 0.3) is 6.08 Å². The number of aromatic hydroxyl groups is 1. The van der Waals surface area contributed by atoms with Gasteiger partial charge in [-0.25, -0.2) is 0 Å². The first-order chi connectivity index (χ1) is 11.1. The first kappa shape index (κ1) is 16.6. The second-order valence-electron chi connectivity index (χ2n) is 4.85. The molecule has 2 aromatic carbocycles. The number of hydrogen-bond donors (Lipinski definition) is 1. The van der Waals surface area contributed by atoms with Gasteiger partial charge in [-0.15, -0.1) is 0 Å². The van der Waals surface area contributed by atoms with Crippen molar-refractivity contribution in [3.63, 3.8) is 0 Å². The number of benzene rings is 2. The van der Waals surface area contributed by atoms with Crippen LogP contribution in [0.4, 0.5) is 0 Å². The fourth-order valence-electron chi connectivity index (χ4n) is 2.08. The normalized spacial score (nSPS) is 10.7. The molecule has 0 spiro atoms. The quantitative estimate of drug-likeness (QED) is 0.618. The maximum Gasteiger partial charge on any atom is 0.185 e. The van der Waals surface area contributed by atoms with E-state index in [1.54, 1.807) is 18.2 Å². The van der Waals surface area contributed by atoms with Crippen LogP contribution in [-0.4, -0.2) is 24.1 Å². The molecule has 0 aliphatic carbocycles. The van der Waals surface area contributed by atoms with Crippen LogP contribution in [0.2, 0.25) is 0 Å². The van der Waals surface area contributed by atoms with Crippen molar-refractivity contribution in [2.45, 2.75) is 13.8 Å². The second kappa shape index (κ2) is 8.03. The predicted molar refractivity (Wildman–Crippen MR) is 90.3 cm³/mol. The average Bonchev–Trinajstić information content (AvgIpc) is 2.54. The highest BCUT2D eigenvalue weighted by Crippen LogP contribution is 2.24. The minimum absolute atomic E-state index is 0.134. The van der Waals surface area contributed by atoms with E-state index in [1.807, 2.05) is 32.0 Å². The molecular formula is C19H20O4. The molecule has 0 radical (unpaired) electrons. The van der Waals surface area contributed by atoms with E-state index in [1.165, 1.54) is 18.2 Å². The summed E-state index contributed by atoms with van der Waals surface area (Å²) >= 11 is 0. The summed E-state index contributed by atoms with van der Waals surface area (Å²) in [5.41, 5.74) is 1.34. The number of rotatable bonds is 7. The Morgan fingerprint density at radius 1 is 1.00 bits per heavy atom. The molecule has 0 aromatic heterocycles. The summed E-state index contributed by atoms with van der Waals surface area (Å²) in [6, 6.07) is 11.7. The molecule has 0 aliphatic rings. The van der Waals surface area contributed by atoms with Gasteiger partial charge in [0.1, 0.15) is 17.2 Å². The molecule has 4 heteroatoms. The van der Waals surface area contributed by atoms with Gasteiger partial charge in [0.2, 0.25) is 0 Å². The average molecular weight is 312 g/mol. The standard InChI is InChI=1S/C19H20O4/c1-3-22-17-11-14(12-18(13-17)23-4-2)5-10-19(21)15-6-8-16(20)9-7-15/h5-13,20H,3-4H2,1-2H3/b10-5+. The van der Waals surface area contributed by atoms with Crippen molar-refractivity contribution in [2.75, 3.05) is 13.2 Å². The lowest BCUT2D eigenvalue weighted by Gasteiger charge is -2.09. The van der Waals surface area contributed by atoms with Crippen LogP contribution in [0.5, 0.6) is 17.2 Å². The van der Waals surface area contributed by atoms with E-state index >= 15 is 0 Å². The number of phenolic OH excluding ortho intramolecular Hbond substituents is 1. The van der Waals surface area contributed by atoms with E-state index in [-0.39, 0.29) is 11.5 Å². The van der Waals surface area contributed by atoms with Crippen molar-refractivity contribution in [3.8, 4) is 17.2 Å². The Labute approximate surface area is 136 Å². The van der Waals surface area contributed by atoms with Crippen molar-refractivity contribution in [2.24, 2.45) is 0 Å². The topological polar surface area (TPSA) is 55.8 Å². The zero-order chi connectivity index (χ0) is 16.7. The highest BCUT2D eigenvalue weighted by atomic mass is 16.5. The molecule has 0 saturated carbocycles. The molecule has 0 fully saturated rings. The third-order valence-electron chi connectivity index (χ3n) is 3.10. The maximum absolute atomic E-state index is 12.1. The molecular weight excluding hydrogens is 292 g/mol. The lowest BCUT2D eigenvalue weighted by molar-refractivity contribution is 0.104. The fraction of sp³-hybridized carbons (Fsp3) is 0.211. The summed E-state index contributed by atoms with van der Waals surface area (Å²) in [6.45, 7) is 4.95. The molecule has 2 aromatic rings. The smallest absolute Gasteiger partial charge is 0.185 e. The van der Waals surface area contributed by atoms with Gasteiger partial charge in [0, 0.05) is 11.6 Å². The molecule has 0 bridgehead atoms. The monoisotopic (exact) mass is 312 g/mol. The van der Waals surface area contributed by atoms with Crippen LogP contribution in [0, 0.1) is 0 Å². The van der Waals surface area contributed by atoms with Gasteiger partial charge in [0.05, 0.1) is 13.2 Å². The van der Waals surface area contributed by atoms with Gasteiger partial charge in [0.25, 0.3) is 0 Å². The summed E-state index contributed by atoms with van der Waals surface area (Å²) in [5.74, 6) is 1.41. The molecule has 1 N–H and O–H groups in total. The van der Waals surface area contributed by atoms with Gasteiger partial charge >= 0.3 is 0 Å².